The second kappa shape index (κ2) is 13.3. The molecule has 0 spiro atoms. The lowest BCUT2D eigenvalue weighted by atomic mass is 10.0. The van der Waals surface area contributed by atoms with Gasteiger partial charge in [0.05, 0.1) is 16.8 Å². The molecule has 2 amide bonds. The molecule has 2 N–H and O–H groups in total. The third-order valence-corrected chi connectivity index (χ3v) is 7.92. The van der Waals surface area contributed by atoms with Gasteiger partial charge in [0, 0.05) is 30.6 Å². The van der Waals surface area contributed by atoms with Gasteiger partial charge >= 0.3 is 0 Å². The monoisotopic (exact) mass is 611 g/mol. The highest BCUT2D eigenvalue weighted by atomic mass is 32.2. The zero-order chi connectivity index (χ0) is 31.4. The van der Waals surface area contributed by atoms with E-state index in [1.54, 1.807) is 0 Å². The number of aliphatic imine (C=N–C) groups is 1. The molecule has 1 unspecified atom stereocenters. The number of carbonyl (C=O) groups is 2. The van der Waals surface area contributed by atoms with Crippen LogP contribution in [0.3, 0.4) is 0 Å². The van der Waals surface area contributed by atoms with Crippen LogP contribution in [-0.4, -0.2) is 70.0 Å². The van der Waals surface area contributed by atoms with Gasteiger partial charge in [-0.2, -0.15) is 0 Å². The molecule has 1 saturated heterocycles. The molecule has 43 heavy (non-hydrogen) atoms. The summed E-state index contributed by atoms with van der Waals surface area (Å²) in [5, 5.41) is 12.8. The molecule has 8 nitrogen and oxygen atoms in total. The smallest absolute Gasteiger partial charge is 0.282 e. The average molecular weight is 612 g/mol. The summed E-state index contributed by atoms with van der Waals surface area (Å²) in [5.41, 5.74) is 0.694. The first-order valence-corrected chi connectivity index (χ1v) is 14.8. The molecule has 0 saturated carbocycles. The summed E-state index contributed by atoms with van der Waals surface area (Å²) in [7, 11) is 0. The summed E-state index contributed by atoms with van der Waals surface area (Å²) in [5.74, 6) is -4.08. The second-order valence-corrected chi connectivity index (χ2v) is 11.1. The number of phenols is 1. The number of phenolic OH excluding ortho intramolecular Hbond substituents is 1. The van der Waals surface area contributed by atoms with Crippen molar-refractivity contribution < 1.29 is 27.9 Å². The Bertz CT molecular complexity index is 1580. The third kappa shape index (κ3) is 6.53. The molecular formula is C31H32F3N5O3S. The van der Waals surface area contributed by atoms with E-state index in [4.69, 9.17) is 4.99 Å². The van der Waals surface area contributed by atoms with Gasteiger partial charge in [0.15, 0.2) is 11.6 Å². The van der Waals surface area contributed by atoms with Crippen molar-refractivity contribution in [3.63, 3.8) is 0 Å². The highest BCUT2D eigenvalue weighted by molar-refractivity contribution is 7.98. The van der Waals surface area contributed by atoms with Crippen LogP contribution in [0.2, 0.25) is 0 Å². The van der Waals surface area contributed by atoms with Crippen LogP contribution in [0.25, 0.3) is 11.3 Å². The first-order chi connectivity index (χ1) is 20.5. The summed E-state index contributed by atoms with van der Waals surface area (Å²) in [6.45, 7) is 9.39. The molecule has 1 aromatic heterocycles. The Morgan fingerprint density at radius 1 is 1.21 bits per heavy atom. The number of nitrogens with one attached hydrogen (secondary N) is 1. The number of hydrogen-bond donors (Lipinski definition) is 2. The molecule has 1 fully saturated rings. The lowest BCUT2D eigenvalue weighted by Crippen LogP contribution is -2.55. The van der Waals surface area contributed by atoms with Crippen molar-refractivity contribution in [2.24, 2.45) is 4.99 Å². The Labute approximate surface area is 252 Å². The molecular weight excluding hydrogens is 579 g/mol. The van der Waals surface area contributed by atoms with Crippen molar-refractivity contribution in [2.75, 3.05) is 31.2 Å². The normalized spacial score (nSPS) is 15.5. The standard InChI is InChI=1S/C31H32F3N5O3S/c1-17(2)20-8-6-11-25(43-5)27(20)37-30(39-13-12-38(15-18(39)3)31(42)19(4)32)21-14-23(34)28(36-29(21)35-16-40)26-22(33)9-7-10-24(26)41/h6-11,14,16-18,41H,4,12-13,15H2,1-3,5H3,(H,35,36,40). The Morgan fingerprint density at radius 2 is 1.93 bits per heavy atom. The molecule has 2 heterocycles. The Hall–Kier alpha value is -4.32. The van der Waals surface area contributed by atoms with E-state index in [0.29, 0.717) is 12.1 Å². The minimum Gasteiger partial charge on any atom is -0.507 e. The number of amides is 2. The number of aromatic hydroxyl groups is 1. The maximum absolute atomic E-state index is 15.9. The van der Waals surface area contributed by atoms with Crippen molar-refractivity contribution in [1.29, 1.82) is 0 Å². The van der Waals surface area contributed by atoms with Gasteiger partial charge in [0.25, 0.3) is 5.91 Å². The van der Waals surface area contributed by atoms with Gasteiger partial charge in [-0.1, -0.05) is 38.6 Å². The van der Waals surface area contributed by atoms with Crippen molar-refractivity contribution in [3.8, 4) is 17.0 Å². The minimum absolute atomic E-state index is 0.0726. The summed E-state index contributed by atoms with van der Waals surface area (Å²) in [4.78, 5) is 37.4. The molecule has 1 aliphatic heterocycles. The molecule has 226 valence electrons. The molecule has 1 atom stereocenters. The van der Waals surface area contributed by atoms with Crippen LogP contribution in [0.4, 0.5) is 24.7 Å². The largest absolute Gasteiger partial charge is 0.507 e. The van der Waals surface area contributed by atoms with Gasteiger partial charge in [-0.15, -0.1) is 11.8 Å². The average Bonchev–Trinajstić information content (AvgIpc) is 2.96. The highest BCUT2D eigenvalue weighted by Crippen LogP contribution is 2.38. The molecule has 1 aliphatic rings. The van der Waals surface area contributed by atoms with Gasteiger partial charge < -0.3 is 20.2 Å². The molecule has 2 aromatic carbocycles. The molecule has 0 bridgehead atoms. The van der Waals surface area contributed by atoms with E-state index in [-0.39, 0.29) is 42.8 Å². The number of hydrogen-bond acceptors (Lipinski definition) is 6. The van der Waals surface area contributed by atoms with Crippen LogP contribution < -0.4 is 5.32 Å². The van der Waals surface area contributed by atoms with E-state index in [1.807, 2.05) is 50.1 Å². The summed E-state index contributed by atoms with van der Waals surface area (Å²) < 4.78 is 44.3. The lowest BCUT2D eigenvalue weighted by Gasteiger charge is -2.41. The van der Waals surface area contributed by atoms with E-state index >= 15 is 4.39 Å². The SMILES string of the molecule is C=C(F)C(=O)N1CCN(C(=Nc2c(SC)cccc2C(C)C)c2cc(F)c(-c3c(O)cccc3F)nc2NC=O)C(C)C1. The van der Waals surface area contributed by atoms with E-state index < -0.39 is 46.4 Å². The number of rotatable bonds is 8. The lowest BCUT2D eigenvalue weighted by molar-refractivity contribution is -0.130. The number of thioether (sulfide) groups is 1. The number of aromatic nitrogens is 1. The number of para-hydroxylation sites is 1. The van der Waals surface area contributed by atoms with Gasteiger partial charge in [-0.05, 0) is 48.9 Å². The number of halogens is 3. The maximum atomic E-state index is 15.9. The number of nitrogens with zero attached hydrogens (tertiary/aromatic N) is 4. The predicted octanol–water partition coefficient (Wildman–Crippen LogP) is 6.24. The van der Waals surface area contributed by atoms with Crippen molar-refractivity contribution >= 4 is 41.4 Å². The molecule has 0 radical (unpaired) electrons. The highest BCUT2D eigenvalue weighted by Gasteiger charge is 2.33. The fourth-order valence-corrected chi connectivity index (χ4v) is 5.62. The zero-order valence-electron chi connectivity index (χ0n) is 24.2. The van der Waals surface area contributed by atoms with Crippen LogP contribution in [0.1, 0.15) is 37.8 Å². The van der Waals surface area contributed by atoms with E-state index in [9.17, 15) is 23.5 Å². The predicted molar refractivity (Wildman–Crippen MR) is 162 cm³/mol. The van der Waals surface area contributed by atoms with Gasteiger partial charge in [0.1, 0.15) is 28.9 Å². The fourth-order valence-electron chi connectivity index (χ4n) is 5.05. The topological polar surface area (TPSA) is 98.1 Å². The van der Waals surface area contributed by atoms with E-state index in [0.717, 1.165) is 22.6 Å². The van der Waals surface area contributed by atoms with E-state index in [1.165, 1.54) is 28.8 Å². The quantitative estimate of drug-likeness (QED) is 0.103. The van der Waals surface area contributed by atoms with Gasteiger partial charge in [0.2, 0.25) is 6.41 Å². The molecule has 3 aromatic rings. The first-order valence-electron chi connectivity index (χ1n) is 13.5. The summed E-state index contributed by atoms with van der Waals surface area (Å²) in [6.07, 6.45) is 2.26. The van der Waals surface area contributed by atoms with Crippen LogP contribution in [0, 0.1) is 11.6 Å². The summed E-state index contributed by atoms with van der Waals surface area (Å²) in [6, 6.07) is 9.97. The molecule has 12 heteroatoms. The van der Waals surface area contributed by atoms with E-state index in [2.05, 4.69) is 16.9 Å². The number of anilines is 1. The summed E-state index contributed by atoms with van der Waals surface area (Å²) >= 11 is 1.48. The van der Waals surface area contributed by atoms with Crippen molar-refractivity contribution in [3.05, 3.63) is 77.6 Å². The number of benzene rings is 2. The second-order valence-electron chi connectivity index (χ2n) is 10.3. The van der Waals surface area contributed by atoms with Crippen LogP contribution >= 0.6 is 11.8 Å². The zero-order valence-corrected chi connectivity index (χ0v) is 25.0. The van der Waals surface area contributed by atoms with Crippen molar-refractivity contribution in [1.82, 2.24) is 14.8 Å². The molecule has 4 rings (SSSR count). The van der Waals surface area contributed by atoms with Gasteiger partial charge in [-0.25, -0.2) is 23.1 Å². The van der Waals surface area contributed by atoms with Crippen molar-refractivity contribution in [2.45, 2.75) is 37.6 Å². The molecule has 0 aliphatic carbocycles. The van der Waals surface area contributed by atoms with Crippen LogP contribution in [0.5, 0.6) is 5.75 Å². The number of carbonyl (C=O) groups excluding carboxylic acids is 2. The Kier molecular flexibility index (Phi) is 9.80. The number of pyridine rings is 1. The third-order valence-electron chi connectivity index (χ3n) is 7.15. The Balaban J connectivity index is 1.97. The van der Waals surface area contributed by atoms with Gasteiger partial charge in [-0.3, -0.25) is 9.59 Å². The maximum Gasteiger partial charge on any atom is 0.282 e. The minimum atomic E-state index is -1.07. The van der Waals surface area contributed by atoms with Crippen LogP contribution in [0.15, 0.2) is 64.8 Å². The van der Waals surface area contributed by atoms with Crippen LogP contribution in [-0.2, 0) is 9.59 Å². The number of amidine groups is 1. The fraction of sp³-hybridized carbons (Fsp3) is 0.290. The Morgan fingerprint density at radius 3 is 2.53 bits per heavy atom. The first kappa shape index (κ1) is 31.6. The number of piperazine rings is 1.